The van der Waals surface area contributed by atoms with Gasteiger partial charge < -0.3 is 20.5 Å². The van der Waals surface area contributed by atoms with Crippen molar-refractivity contribution >= 4 is 18.5 Å². The van der Waals surface area contributed by atoms with Crippen LogP contribution in [0.3, 0.4) is 0 Å². The molecule has 0 bridgehead atoms. The van der Waals surface area contributed by atoms with E-state index >= 15 is 0 Å². The summed E-state index contributed by atoms with van der Waals surface area (Å²) in [6.07, 6.45) is -0.739. The number of primary amides is 1. The fraction of sp³-hybridized carbons (Fsp3) is 0.833. The van der Waals surface area contributed by atoms with Crippen molar-refractivity contribution in [2.75, 3.05) is 26.4 Å². The maximum Gasteiger partial charge on any atom is 0.404 e. The molecule has 72 valence electrons. The highest BCUT2D eigenvalue weighted by atomic mass is 35.5. The largest absolute Gasteiger partial charge is 0.448 e. The molecule has 12 heavy (non-hydrogen) atoms. The highest BCUT2D eigenvalue weighted by Crippen LogP contribution is 1.93. The highest BCUT2D eigenvalue weighted by molar-refractivity contribution is 5.85. The topological polar surface area (TPSA) is 73.6 Å². The second-order valence-corrected chi connectivity index (χ2v) is 2.36. The predicted molar refractivity (Wildman–Crippen MR) is 45.4 cm³/mol. The van der Waals surface area contributed by atoms with Crippen molar-refractivity contribution in [1.82, 2.24) is 5.32 Å². The number of nitrogens with two attached hydrogens (primary N) is 1. The summed E-state index contributed by atoms with van der Waals surface area (Å²) >= 11 is 0. The van der Waals surface area contributed by atoms with Crippen molar-refractivity contribution < 1.29 is 14.3 Å². The lowest BCUT2D eigenvalue weighted by molar-refractivity contribution is 0.0486. The molecule has 0 saturated carbocycles. The summed E-state index contributed by atoms with van der Waals surface area (Å²) in [5.74, 6) is 0. The normalized spacial score (nSPS) is 22.5. The second kappa shape index (κ2) is 6.05. The Kier molecular flexibility index (Phi) is 5.79. The Labute approximate surface area is 77.0 Å². The Morgan fingerprint density at radius 1 is 1.75 bits per heavy atom. The Morgan fingerprint density at radius 3 is 3.00 bits per heavy atom. The zero-order chi connectivity index (χ0) is 8.10. The van der Waals surface area contributed by atoms with Crippen molar-refractivity contribution in [3.63, 3.8) is 0 Å². The van der Waals surface area contributed by atoms with E-state index in [9.17, 15) is 4.79 Å². The number of hydrogen-bond acceptors (Lipinski definition) is 4. The van der Waals surface area contributed by atoms with Gasteiger partial charge in [-0.2, -0.15) is 0 Å². The lowest BCUT2D eigenvalue weighted by Gasteiger charge is -2.22. The first kappa shape index (κ1) is 11.5. The molecule has 1 heterocycles. The number of hydrogen-bond donors (Lipinski definition) is 2. The third-order valence-electron chi connectivity index (χ3n) is 1.43. The van der Waals surface area contributed by atoms with Crippen molar-refractivity contribution in [2.24, 2.45) is 5.73 Å². The average molecular weight is 197 g/mol. The van der Waals surface area contributed by atoms with Gasteiger partial charge in [0.25, 0.3) is 0 Å². The van der Waals surface area contributed by atoms with Gasteiger partial charge in [-0.3, -0.25) is 0 Å². The third kappa shape index (κ3) is 4.38. The van der Waals surface area contributed by atoms with E-state index in [1.54, 1.807) is 0 Å². The minimum Gasteiger partial charge on any atom is -0.448 e. The Balaban J connectivity index is 0.00000121. The van der Waals surface area contributed by atoms with Crippen LogP contribution in [0, 0.1) is 0 Å². The molecular formula is C6H13ClN2O3. The van der Waals surface area contributed by atoms with Gasteiger partial charge >= 0.3 is 6.09 Å². The number of nitrogens with one attached hydrogen (secondary N) is 1. The summed E-state index contributed by atoms with van der Waals surface area (Å²) in [4.78, 5) is 10.2. The quantitative estimate of drug-likeness (QED) is 0.624. The van der Waals surface area contributed by atoms with Crippen molar-refractivity contribution in [1.29, 1.82) is 0 Å². The number of morpholine rings is 1. The molecule has 1 amide bonds. The maximum absolute atomic E-state index is 10.2. The van der Waals surface area contributed by atoms with Crippen LogP contribution in [0.4, 0.5) is 4.79 Å². The zero-order valence-corrected chi connectivity index (χ0v) is 7.43. The number of carbonyl (C=O) groups is 1. The first-order valence-electron chi connectivity index (χ1n) is 3.52. The van der Waals surface area contributed by atoms with Crippen LogP contribution in [0.1, 0.15) is 0 Å². The van der Waals surface area contributed by atoms with Crippen LogP contribution in [-0.4, -0.2) is 38.5 Å². The SMILES string of the molecule is Cl.NC(=O)OC[C@H]1COCCN1. The Morgan fingerprint density at radius 2 is 2.50 bits per heavy atom. The van der Waals surface area contributed by atoms with Crippen LogP contribution >= 0.6 is 12.4 Å². The summed E-state index contributed by atoms with van der Waals surface area (Å²) < 4.78 is 9.70. The molecule has 1 atom stereocenters. The maximum atomic E-state index is 10.2. The fourth-order valence-electron chi connectivity index (χ4n) is 0.909. The van der Waals surface area contributed by atoms with Crippen molar-refractivity contribution in [2.45, 2.75) is 6.04 Å². The van der Waals surface area contributed by atoms with Gasteiger partial charge in [-0.1, -0.05) is 0 Å². The molecule has 1 fully saturated rings. The molecule has 0 radical (unpaired) electrons. The number of halogens is 1. The van der Waals surface area contributed by atoms with Gasteiger partial charge in [0.2, 0.25) is 0 Å². The van der Waals surface area contributed by atoms with Crippen LogP contribution in [0.2, 0.25) is 0 Å². The smallest absolute Gasteiger partial charge is 0.404 e. The molecule has 0 aromatic rings. The van der Waals surface area contributed by atoms with Crippen molar-refractivity contribution in [3.8, 4) is 0 Å². The molecule has 1 aliphatic heterocycles. The van der Waals surface area contributed by atoms with E-state index in [0.717, 1.165) is 6.54 Å². The minimum atomic E-state index is -0.739. The fourth-order valence-corrected chi connectivity index (χ4v) is 0.909. The van der Waals surface area contributed by atoms with E-state index in [2.05, 4.69) is 10.1 Å². The van der Waals surface area contributed by atoms with Gasteiger partial charge in [0.05, 0.1) is 19.3 Å². The van der Waals surface area contributed by atoms with Gasteiger partial charge in [0.1, 0.15) is 6.61 Å². The van der Waals surface area contributed by atoms with Gasteiger partial charge in [-0.15, -0.1) is 12.4 Å². The number of rotatable bonds is 2. The van der Waals surface area contributed by atoms with E-state index < -0.39 is 6.09 Å². The molecule has 6 heteroatoms. The van der Waals surface area contributed by atoms with E-state index in [1.807, 2.05) is 0 Å². The number of ether oxygens (including phenoxy) is 2. The van der Waals surface area contributed by atoms with Gasteiger partial charge in [0, 0.05) is 6.54 Å². The molecular weight excluding hydrogens is 184 g/mol. The predicted octanol–water partition coefficient (Wildman–Crippen LogP) is -0.508. The van der Waals surface area contributed by atoms with Crippen LogP contribution in [-0.2, 0) is 9.47 Å². The van der Waals surface area contributed by atoms with Crippen LogP contribution in [0.15, 0.2) is 0 Å². The summed E-state index contributed by atoms with van der Waals surface area (Å²) in [7, 11) is 0. The van der Waals surface area contributed by atoms with Crippen molar-refractivity contribution in [3.05, 3.63) is 0 Å². The molecule has 0 aromatic carbocycles. The molecule has 1 aliphatic rings. The highest BCUT2D eigenvalue weighted by Gasteiger charge is 2.13. The standard InChI is InChI=1S/C6H12N2O3.ClH/c7-6(9)11-4-5-3-10-2-1-8-5;/h5,8H,1-4H2,(H2,7,9);1H/t5-;/m1./s1. The molecule has 5 nitrogen and oxygen atoms in total. The Hall–Kier alpha value is -0.520. The van der Waals surface area contributed by atoms with Gasteiger partial charge in [0.15, 0.2) is 0 Å². The number of carbonyl (C=O) groups excluding carboxylic acids is 1. The van der Waals surface area contributed by atoms with E-state index in [-0.39, 0.29) is 25.1 Å². The average Bonchev–Trinajstić information content (AvgIpc) is 2.03. The molecule has 1 saturated heterocycles. The van der Waals surface area contributed by atoms with Gasteiger partial charge in [-0.25, -0.2) is 4.79 Å². The zero-order valence-electron chi connectivity index (χ0n) is 6.62. The second-order valence-electron chi connectivity index (χ2n) is 2.36. The summed E-state index contributed by atoms with van der Waals surface area (Å²) in [6, 6.07) is 0.0937. The van der Waals surface area contributed by atoms with Crippen LogP contribution in [0.25, 0.3) is 0 Å². The summed E-state index contributed by atoms with van der Waals surface area (Å²) in [6.45, 7) is 2.38. The van der Waals surface area contributed by atoms with Crippen LogP contribution < -0.4 is 11.1 Å². The lowest BCUT2D eigenvalue weighted by Crippen LogP contribution is -2.44. The summed E-state index contributed by atoms with van der Waals surface area (Å²) in [5.41, 5.74) is 4.78. The van der Waals surface area contributed by atoms with E-state index in [1.165, 1.54) is 0 Å². The minimum absolute atomic E-state index is 0. The van der Waals surface area contributed by atoms with Crippen LogP contribution in [0.5, 0.6) is 0 Å². The molecule has 0 aliphatic carbocycles. The summed E-state index contributed by atoms with van der Waals surface area (Å²) in [5, 5.41) is 3.12. The Bertz CT molecular complexity index is 139. The molecule has 0 unspecified atom stereocenters. The van der Waals surface area contributed by atoms with E-state index in [4.69, 9.17) is 10.5 Å². The first-order chi connectivity index (χ1) is 5.29. The van der Waals surface area contributed by atoms with E-state index in [0.29, 0.717) is 13.2 Å². The first-order valence-corrected chi connectivity index (χ1v) is 3.52. The monoisotopic (exact) mass is 196 g/mol. The number of amides is 1. The van der Waals surface area contributed by atoms with Gasteiger partial charge in [-0.05, 0) is 0 Å². The lowest BCUT2D eigenvalue weighted by atomic mass is 10.3. The molecule has 1 rings (SSSR count). The molecule has 0 aromatic heterocycles. The molecule has 3 N–H and O–H groups in total. The molecule has 0 spiro atoms. The third-order valence-corrected chi connectivity index (χ3v) is 1.43.